The van der Waals surface area contributed by atoms with Crippen LogP contribution in [0.3, 0.4) is 0 Å². The Morgan fingerprint density at radius 1 is 1.20 bits per heavy atom. The summed E-state index contributed by atoms with van der Waals surface area (Å²) >= 11 is 1.94. The van der Waals surface area contributed by atoms with E-state index in [0.717, 1.165) is 6.42 Å². The normalized spacial score (nSPS) is 15.3. The van der Waals surface area contributed by atoms with Crippen molar-refractivity contribution < 1.29 is 0 Å². The van der Waals surface area contributed by atoms with E-state index in [4.69, 9.17) is 5.84 Å². The summed E-state index contributed by atoms with van der Waals surface area (Å²) in [6.45, 7) is 4.32. The van der Waals surface area contributed by atoms with Crippen molar-refractivity contribution in [1.82, 2.24) is 5.43 Å². The molecule has 0 spiro atoms. The van der Waals surface area contributed by atoms with E-state index in [1.54, 1.807) is 10.4 Å². The highest BCUT2D eigenvalue weighted by molar-refractivity contribution is 7.12. The molecule has 1 aliphatic carbocycles. The topological polar surface area (TPSA) is 38.0 Å². The van der Waals surface area contributed by atoms with Crippen LogP contribution in [0.4, 0.5) is 0 Å². The molecule has 0 fully saturated rings. The highest BCUT2D eigenvalue weighted by Gasteiger charge is 2.19. The zero-order valence-electron chi connectivity index (χ0n) is 12.2. The molecule has 0 saturated heterocycles. The van der Waals surface area contributed by atoms with Gasteiger partial charge in [-0.15, -0.1) is 11.3 Å². The van der Waals surface area contributed by atoms with Crippen LogP contribution in [0.5, 0.6) is 0 Å². The Balaban J connectivity index is 1.80. The average molecular weight is 286 g/mol. The first-order chi connectivity index (χ1) is 9.67. The van der Waals surface area contributed by atoms with E-state index in [2.05, 4.69) is 43.5 Å². The Morgan fingerprint density at radius 2 is 2.05 bits per heavy atom. The number of rotatable bonds is 4. The van der Waals surface area contributed by atoms with Crippen LogP contribution < -0.4 is 11.3 Å². The SMILES string of the molecule is Cc1ccc(CC(NN)c2cc3c(s2)CCC3)cc1C. The molecule has 1 aliphatic rings. The predicted molar refractivity (Wildman–Crippen MR) is 86.0 cm³/mol. The number of thiophene rings is 1. The first-order valence-corrected chi connectivity index (χ1v) is 8.13. The fourth-order valence-electron chi connectivity index (χ4n) is 2.93. The van der Waals surface area contributed by atoms with Crippen LogP contribution in [-0.2, 0) is 19.3 Å². The van der Waals surface area contributed by atoms with E-state index < -0.39 is 0 Å². The molecule has 2 nitrogen and oxygen atoms in total. The molecule has 0 amide bonds. The number of nitrogens with two attached hydrogens (primary N) is 1. The van der Waals surface area contributed by atoms with Gasteiger partial charge in [-0.3, -0.25) is 11.3 Å². The molecule has 2 aromatic rings. The number of aryl methyl sites for hydroxylation is 4. The molecule has 1 atom stereocenters. The number of hydrazine groups is 1. The van der Waals surface area contributed by atoms with Gasteiger partial charge in [-0.25, -0.2) is 0 Å². The van der Waals surface area contributed by atoms with Gasteiger partial charge >= 0.3 is 0 Å². The minimum atomic E-state index is 0.229. The van der Waals surface area contributed by atoms with Crippen LogP contribution in [-0.4, -0.2) is 0 Å². The van der Waals surface area contributed by atoms with E-state index >= 15 is 0 Å². The second-order valence-electron chi connectivity index (χ2n) is 5.79. The van der Waals surface area contributed by atoms with Crippen LogP contribution in [0.25, 0.3) is 0 Å². The third kappa shape index (κ3) is 2.66. The van der Waals surface area contributed by atoms with Gasteiger partial charge in [0.1, 0.15) is 0 Å². The van der Waals surface area contributed by atoms with Gasteiger partial charge in [0.05, 0.1) is 6.04 Å². The Morgan fingerprint density at radius 3 is 2.75 bits per heavy atom. The molecular formula is C17H22N2S. The van der Waals surface area contributed by atoms with E-state index in [0.29, 0.717) is 0 Å². The second kappa shape index (κ2) is 5.68. The van der Waals surface area contributed by atoms with Crippen molar-refractivity contribution in [3.05, 3.63) is 56.3 Å². The monoisotopic (exact) mass is 286 g/mol. The number of hydrogen-bond donors (Lipinski definition) is 2. The first kappa shape index (κ1) is 13.8. The predicted octanol–water partition coefficient (Wildman–Crippen LogP) is 3.60. The van der Waals surface area contributed by atoms with E-state index in [1.165, 1.54) is 40.8 Å². The van der Waals surface area contributed by atoms with Crippen molar-refractivity contribution in [3.8, 4) is 0 Å². The molecular weight excluding hydrogens is 264 g/mol. The summed E-state index contributed by atoms with van der Waals surface area (Å²) in [5, 5.41) is 0. The lowest BCUT2D eigenvalue weighted by molar-refractivity contribution is 0.560. The molecule has 1 heterocycles. The summed E-state index contributed by atoms with van der Waals surface area (Å²) < 4.78 is 0. The molecule has 0 radical (unpaired) electrons. The second-order valence-corrected chi connectivity index (χ2v) is 6.96. The molecule has 1 aromatic heterocycles. The Labute approximate surface area is 125 Å². The summed E-state index contributed by atoms with van der Waals surface area (Å²) in [6, 6.07) is 9.29. The molecule has 3 heteroatoms. The van der Waals surface area contributed by atoms with E-state index in [-0.39, 0.29) is 6.04 Å². The minimum absolute atomic E-state index is 0.229. The van der Waals surface area contributed by atoms with E-state index in [9.17, 15) is 0 Å². The summed E-state index contributed by atoms with van der Waals surface area (Å²) in [4.78, 5) is 2.95. The molecule has 3 N–H and O–H groups in total. The number of fused-ring (bicyclic) bond motifs is 1. The van der Waals surface area contributed by atoms with Crippen molar-refractivity contribution in [2.75, 3.05) is 0 Å². The number of benzene rings is 1. The molecule has 3 rings (SSSR count). The van der Waals surface area contributed by atoms with Gasteiger partial charge in [-0.2, -0.15) is 0 Å². The van der Waals surface area contributed by atoms with Crippen LogP contribution in [0, 0.1) is 13.8 Å². The molecule has 106 valence electrons. The van der Waals surface area contributed by atoms with Crippen LogP contribution in [0.1, 0.15) is 44.5 Å². The quantitative estimate of drug-likeness (QED) is 0.666. The summed E-state index contributed by atoms with van der Waals surface area (Å²) in [5.74, 6) is 5.80. The molecule has 1 unspecified atom stereocenters. The average Bonchev–Trinajstić information content (AvgIpc) is 3.01. The largest absolute Gasteiger partial charge is 0.271 e. The van der Waals surface area contributed by atoms with Gasteiger partial charge in [-0.05, 0) is 67.9 Å². The highest BCUT2D eigenvalue weighted by Crippen LogP contribution is 2.34. The third-order valence-corrected chi connectivity index (χ3v) is 5.67. The fraction of sp³-hybridized carbons (Fsp3) is 0.412. The molecule has 0 bridgehead atoms. The Kier molecular flexibility index (Phi) is 3.92. The molecule has 1 aromatic carbocycles. The summed E-state index contributed by atoms with van der Waals surface area (Å²) in [5.41, 5.74) is 8.60. The van der Waals surface area contributed by atoms with Gasteiger partial charge in [0.25, 0.3) is 0 Å². The maximum Gasteiger partial charge on any atom is 0.0593 e. The zero-order chi connectivity index (χ0) is 14.1. The smallest absolute Gasteiger partial charge is 0.0593 e. The van der Waals surface area contributed by atoms with Crippen molar-refractivity contribution in [2.45, 2.75) is 45.6 Å². The summed E-state index contributed by atoms with van der Waals surface area (Å²) in [7, 11) is 0. The number of nitrogens with one attached hydrogen (secondary N) is 1. The maximum atomic E-state index is 5.80. The fourth-order valence-corrected chi connectivity index (χ4v) is 4.25. The van der Waals surface area contributed by atoms with Crippen molar-refractivity contribution in [1.29, 1.82) is 0 Å². The minimum Gasteiger partial charge on any atom is -0.271 e. The van der Waals surface area contributed by atoms with Crippen molar-refractivity contribution in [3.63, 3.8) is 0 Å². The third-order valence-electron chi connectivity index (χ3n) is 4.32. The maximum absolute atomic E-state index is 5.80. The molecule has 0 saturated carbocycles. The molecule has 0 aliphatic heterocycles. The first-order valence-electron chi connectivity index (χ1n) is 7.31. The van der Waals surface area contributed by atoms with Gasteiger partial charge in [-0.1, -0.05) is 18.2 Å². The van der Waals surface area contributed by atoms with Crippen LogP contribution >= 0.6 is 11.3 Å². The van der Waals surface area contributed by atoms with Crippen molar-refractivity contribution in [2.24, 2.45) is 5.84 Å². The van der Waals surface area contributed by atoms with Gasteiger partial charge in [0.2, 0.25) is 0 Å². The van der Waals surface area contributed by atoms with Gasteiger partial charge in [0.15, 0.2) is 0 Å². The van der Waals surface area contributed by atoms with Crippen LogP contribution in [0.15, 0.2) is 24.3 Å². The van der Waals surface area contributed by atoms with Crippen molar-refractivity contribution >= 4 is 11.3 Å². The van der Waals surface area contributed by atoms with Crippen LogP contribution in [0.2, 0.25) is 0 Å². The molecule has 20 heavy (non-hydrogen) atoms. The lowest BCUT2D eigenvalue weighted by atomic mass is 10.00. The van der Waals surface area contributed by atoms with Gasteiger partial charge < -0.3 is 0 Å². The lowest BCUT2D eigenvalue weighted by Gasteiger charge is -2.15. The Hall–Kier alpha value is -1.16. The Bertz CT molecular complexity index is 594. The number of hydrogen-bond acceptors (Lipinski definition) is 3. The zero-order valence-corrected chi connectivity index (χ0v) is 13.0. The van der Waals surface area contributed by atoms with E-state index in [1.807, 2.05) is 11.3 Å². The summed E-state index contributed by atoms with van der Waals surface area (Å²) in [6.07, 6.45) is 4.77. The lowest BCUT2D eigenvalue weighted by Crippen LogP contribution is -2.29. The van der Waals surface area contributed by atoms with Gasteiger partial charge in [0, 0.05) is 9.75 Å². The standard InChI is InChI=1S/C17H22N2S/c1-11-6-7-13(8-12(11)2)9-15(19-18)17-10-14-4-3-5-16(14)20-17/h6-8,10,15,19H,3-5,9,18H2,1-2H3. The highest BCUT2D eigenvalue weighted by atomic mass is 32.1.